The highest BCUT2D eigenvalue weighted by Crippen LogP contribution is 2.31. The summed E-state index contributed by atoms with van der Waals surface area (Å²) in [4.78, 5) is 21.5. The molecule has 0 spiro atoms. The van der Waals surface area contributed by atoms with Crippen molar-refractivity contribution in [1.82, 2.24) is 20.4 Å². The van der Waals surface area contributed by atoms with Gasteiger partial charge in [0.25, 0.3) is 5.91 Å². The van der Waals surface area contributed by atoms with Crippen LogP contribution in [0.15, 0.2) is 54.6 Å². The second kappa shape index (κ2) is 10.1. The average molecular weight is 462 g/mol. The van der Waals surface area contributed by atoms with Crippen molar-refractivity contribution in [1.29, 1.82) is 0 Å². The summed E-state index contributed by atoms with van der Waals surface area (Å²) in [5.74, 6) is -1.10. The number of amides is 1. The van der Waals surface area contributed by atoms with Crippen LogP contribution in [0.5, 0.6) is 0 Å². The van der Waals surface area contributed by atoms with Gasteiger partial charge in [0, 0.05) is 23.7 Å². The Balaban J connectivity index is 2.06. The SMILES string of the molecule is CCN(NC(=O)c1cc(-c2ccc(C(F)(F)F)cc2)nc(-c2cccc(F)c2)n1)C(C)CO. The first-order valence-electron chi connectivity index (χ1n) is 10.1. The van der Waals surface area contributed by atoms with Gasteiger partial charge in [-0.05, 0) is 37.3 Å². The minimum atomic E-state index is -4.49. The zero-order chi connectivity index (χ0) is 24.2. The Kier molecular flexibility index (Phi) is 7.39. The molecule has 0 aliphatic carbocycles. The molecule has 174 valence electrons. The number of aliphatic hydroxyl groups excluding tert-OH is 1. The van der Waals surface area contributed by atoms with Gasteiger partial charge in [-0.1, -0.05) is 31.2 Å². The number of hydrogen-bond acceptors (Lipinski definition) is 5. The first-order valence-corrected chi connectivity index (χ1v) is 10.1. The Hall–Kier alpha value is -3.37. The number of alkyl halides is 3. The maximum atomic E-state index is 13.8. The Morgan fingerprint density at radius 1 is 1.09 bits per heavy atom. The van der Waals surface area contributed by atoms with Crippen LogP contribution < -0.4 is 5.43 Å². The highest BCUT2D eigenvalue weighted by molar-refractivity contribution is 5.93. The third-order valence-corrected chi connectivity index (χ3v) is 4.93. The van der Waals surface area contributed by atoms with Crippen molar-refractivity contribution >= 4 is 5.91 Å². The molecule has 1 heterocycles. The number of aromatic nitrogens is 2. The van der Waals surface area contributed by atoms with Crippen LogP contribution >= 0.6 is 0 Å². The summed E-state index contributed by atoms with van der Waals surface area (Å²) in [6, 6.07) is 10.8. The van der Waals surface area contributed by atoms with Crippen LogP contribution in [-0.4, -0.2) is 45.2 Å². The lowest BCUT2D eigenvalue weighted by Crippen LogP contribution is -2.48. The number of carbonyl (C=O) groups is 1. The first-order chi connectivity index (χ1) is 15.6. The van der Waals surface area contributed by atoms with Gasteiger partial charge in [-0.25, -0.2) is 19.4 Å². The monoisotopic (exact) mass is 462 g/mol. The quantitative estimate of drug-likeness (QED) is 0.404. The second-order valence-corrected chi connectivity index (χ2v) is 7.31. The Morgan fingerprint density at radius 2 is 1.79 bits per heavy atom. The van der Waals surface area contributed by atoms with Crippen molar-refractivity contribution < 1.29 is 27.5 Å². The maximum Gasteiger partial charge on any atom is 0.416 e. The number of hydrogen-bond donors (Lipinski definition) is 2. The number of nitrogens with one attached hydrogen (secondary N) is 1. The molecule has 0 bridgehead atoms. The highest BCUT2D eigenvalue weighted by atomic mass is 19.4. The van der Waals surface area contributed by atoms with E-state index in [0.29, 0.717) is 17.7 Å². The van der Waals surface area contributed by atoms with E-state index in [4.69, 9.17) is 0 Å². The van der Waals surface area contributed by atoms with Crippen molar-refractivity contribution in [2.24, 2.45) is 0 Å². The van der Waals surface area contributed by atoms with Gasteiger partial charge in [-0.3, -0.25) is 10.2 Å². The van der Waals surface area contributed by atoms with Crippen molar-refractivity contribution in [3.05, 3.63) is 71.7 Å². The van der Waals surface area contributed by atoms with Crippen LogP contribution in [0, 0.1) is 5.82 Å². The van der Waals surface area contributed by atoms with Crippen molar-refractivity contribution in [2.75, 3.05) is 13.2 Å². The molecular weight excluding hydrogens is 440 g/mol. The van der Waals surface area contributed by atoms with E-state index in [1.165, 1.54) is 41.4 Å². The van der Waals surface area contributed by atoms with E-state index < -0.39 is 23.5 Å². The van der Waals surface area contributed by atoms with Gasteiger partial charge in [0.1, 0.15) is 11.5 Å². The number of likely N-dealkylation sites (N-methyl/N-ethyl adjacent to an activating group) is 1. The molecule has 0 fully saturated rings. The lowest BCUT2D eigenvalue weighted by molar-refractivity contribution is -0.137. The van der Waals surface area contributed by atoms with Crippen LogP contribution in [0.25, 0.3) is 22.6 Å². The smallest absolute Gasteiger partial charge is 0.395 e. The lowest BCUT2D eigenvalue weighted by atomic mass is 10.1. The van der Waals surface area contributed by atoms with Gasteiger partial charge in [0.05, 0.1) is 17.9 Å². The van der Waals surface area contributed by atoms with Crippen molar-refractivity contribution in [2.45, 2.75) is 26.1 Å². The molecule has 2 aromatic carbocycles. The normalized spacial score (nSPS) is 12.6. The third kappa shape index (κ3) is 5.91. The second-order valence-electron chi connectivity index (χ2n) is 7.31. The molecule has 0 saturated heterocycles. The van der Waals surface area contributed by atoms with Gasteiger partial charge >= 0.3 is 6.18 Å². The number of benzene rings is 2. The minimum Gasteiger partial charge on any atom is -0.395 e. The summed E-state index contributed by atoms with van der Waals surface area (Å²) in [7, 11) is 0. The Bertz CT molecular complexity index is 1120. The minimum absolute atomic E-state index is 0.0373. The van der Waals surface area contributed by atoms with E-state index in [0.717, 1.165) is 12.1 Å². The molecule has 0 aliphatic heterocycles. The van der Waals surface area contributed by atoms with Gasteiger partial charge in [-0.2, -0.15) is 13.2 Å². The van der Waals surface area contributed by atoms with E-state index in [9.17, 15) is 27.5 Å². The lowest BCUT2D eigenvalue weighted by Gasteiger charge is -2.26. The highest BCUT2D eigenvalue weighted by Gasteiger charge is 2.30. The van der Waals surface area contributed by atoms with Gasteiger partial charge in [0.2, 0.25) is 0 Å². The van der Waals surface area contributed by atoms with E-state index in [-0.39, 0.29) is 29.9 Å². The summed E-state index contributed by atoms with van der Waals surface area (Å²) < 4.78 is 52.6. The van der Waals surface area contributed by atoms with E-state index in [2.05, 4.69) is 15.4 Å². The maximum absolute atomic E-state index is 13.8. The fourth-order valence-electron chi connectivity index (χ4n) is 3.09. The molecule has 0 saturated carbocycles. The summed E-state index contributed by atoms with van der Waals surface area (Å²) in [5, 5.41) is 10.9. The van der Waals surface area contributed by atoms with Crippen LogP contribution in [0.4, 0.5) is 17.6 Å². The standard InChI is InChI=1S/C23H22F4N4O2/c1-3-31(14(2)13-32)30-22(33)20-12-19(15-7-9-17(10-8-15)23(25,26)27)28-21(29-20)16-5-4-6-18(24)11-16/h4-12,14,32H,3,13H2,1-2H3,(H,30,33). The largest absolute Gasteiger partial charge is 0.416 e. The molecule has 6 nitrogen and oxygen atoms in total. The van der Waals surface area contributed by atoms with Crippen LogP contribution in [0.1, 0.15) is 29.9 Å². The number of hydrazine groups is 1. The summed E-state index contributed by atoms with van der Waals surface area (Å²) >= 11 is 0. The molecule has 1 unspecified atom stereocenters. The number of aliphatic hydroxyl groups is 1. The fraction of sp³-hybridized carbons (Fsp3) is 0.261. The fourth-order valence-corrected chi connectivity index (χ4v) is 3.09. The molecule has 0 aliphatic rings. The molecule has 3 rings (SSSR count). The van der Waals surface area contributed by atoms with E-state index in [1.807, 2.05) is 0 Å². The van der Waals surface area contributed by atoms with Gasteiger partial charge < -0.3 is 5.11 Å². The van der Waals surface area contributed by atoms with Gasteiger partial charge in [-0.15, -0.1) is 0 Å². The van der Waals surface area contributed by atoms with Crippen molar-refractivity contribution in [3.8, 4) is 22.6 Å². The average Bonchev–Trinajstić information content (AvgIpc) is 2.81. The van der Waals surface area contributed by atoms with Crippen LogP contribution in [-0.2, 0) is 6.18 Å². The molecule has 1 amide bonds. The Morgan fingerprint density at radius 3 is 2.36 bits per heavy atom. The van der Waals surface area contributed by atoms with Crippen LogP contribution in [0.3, 0.4) is 0 Å². The molecule has 1 aromatic heterocycles. The predicted molar refractivity (Wildman–Crippen MR) is 114 cm³/mol. The van der Waals surface area contributed by atoms with E-state index in [1.54, 1.807) is 19.9 Å². The molecule has 0 radical (unpaired) electrons. The first kappa shape index (κ1) is 24.3. The summed E-state index contributed by atoms with van der Waals surface area (Å²) in [6.07, 6.45) is -4.49. The molecule has 1 atom stereocenters. The zero-order valence-corrected chi connectivity index (χ0v) is 17.9. The predicted octanol–water partition coefficient (Wildman–Crippen LogP) is 4.32. The third-order valence-electron chi connectivity index (χ3n) is 4.93. The molecule has 10 heteroatoms. The number of carbonyl (C=O) groups excluding carboxylic acids is 1. The van der Waals surface area contributed by atoms with Gasteiger partial charge in [0.15, 0.2) is 5.82 Å². The van der Waals surface area contributed by atoms with E-state index >= 15 is 0 Å². The molecule has 3 aromatic rings. The number of nitrogens with zero attached hydrogens (tertiary/aromatic N) is 3. The summed E-state index contributed by atoms with van der Waals surface area (Å²) in [5.41, 5.74) is 2.59. The summed E-state index contributed by atoms with van der Waals surface area (Å²) in [6.45, 7) is 3.72. The Labute approximate surface area is 187 Å². The van der Waals surface area contributed by atoms with Crippen molar-refractivity contribution in [3.63, 3.8) is 0 Å². The zero-order valence-electron chi connectivity index (χ0n) is 17.9. The topological polar surface area (TPSA) is 78.4 Å². The molecule has 2 N–H and O–H groups in total. The molecule has 33 heavy (non-hydrogen) atoms. The number of rotatable bonds is 7. The van der Waals surface area contributed by atoms with Crippen LogP contribution in [0.2, 0.25) is 0 Å². The molecular formula is C23H22F4N4O2. The number of halogens is 4.